The van der Waals surface area contributed by atoms with Gasteiger partial charge in [0.1, 0.15) is 11.3 Å². The Labute approximate surface area is 183 Å². The number of hydrogen-bond donors (Lipinski definition) is 3. The van der Waals surface area contributed by atoms with Gasteiger partial charge in [-0.25, -0.2) is 9.97 Å². The summed E-state index contributed by atoms with van der Waals surface area (Å²) in [6.07, 6.45) is 5.88. The molecule has 2 aromatic heterocycles. The first kappa shape index (κ1) is 21.2. The lowest BCUT2D eigenvalue weighted by Crippen LogP contribution is -2.39. The molecule has 1 aromatic carbocycles. The van der Waals surface area contributed by atoms with E-state index in [0.717, 1.165) is 54.9 Å². The molecular formula is C24H32N6O. The van der Waals surface area contributed by atoms with Crippen molar-refractivity contribution < 1.29 is 4.79 Å². The molecule has 1 saturated carbocycles. The minimum atomic E-state index is 0.0552. The van der Waals surface area contributed by atoms with Crippen LogP contribution < -0.4 is 16.0 Å². The maximum Gasteiger partial charge on any atom is 0.217 e. The van der Waals surface area contributed by atoms with Gasteiger partial charge >= 0.3 is 0 Å². The van der Waals surface area contributed by atoms with E-state index in [0.29, 0.717) is 6.04 Å². The summed E-state index contributed by atoms with van der Waals surface area (Å²) in [5.74, 6) is 0.924. The monoisotopic (exact) mass is 420 g/mol. The molecule has 2 heterocycles. The van der Waals surface area contributed by atoms with E-state index < -0.39 is 0 Å². The highest BCUT2D eigenvalue weighted by Crippen LogP contribution is 2.29. The summed E-state index contributed by atoms with van der Waals surface area (Å²) < 4.78 is 2.11. The van der Waals surface area contributed by atoms with E-state index in [1.54, 1.807) is 6.92 Å². The number of nitrogens with zero attached hydrogens (tertiary/aromatic N) is 3. The van der Waals surface area contributed by atoms with Gasteiger partial charge in [-0.2, -0.15) is 0 Å². The molecule has 7 nitrogen and oxygen atoms in total. The smallest absolute Gasteiger partial charge is 0.217 e. The van der Waals surface area contributed by atoms with Crippen LogP contribution in [0.3, 0.4) is 0 Å². The molecule has 0 aliphatic heterocycles. The summed E-state index contributed by atoms with van der Waals surface area (Å²) in [7, 11) is 0. The maximum atomic E-state index is 11.3. The third-order valence-corrected chi connectivity index (χ3v) is 5.90. The normalized spacial score (nSPS) is 18.8. The average Bonchev–Trinajstić information content (AvgIpc) is 3.18. The predicted molar refractivity (Wildman–Crippen MR) is 125 cm³/mol. The van der Waals surface area contributed by atoms with Gasteiger partial charge in [0.2, 0.25) is 5.91 Å². The summed E-state index contributed by atoms with van der Waals surface area (Å²) in [6, 6.07) is 13.4. The molecule has 0 unspecified atom stereocenters. The summed E-state index contributed by atoms with van der Waals surface area (Å²) in [5.41, 5.74) is 4.00. The molecule has 0 radical (unpaired) electrons. The van der Waals surface area contributed by atoms with Crippen LogP contribution in [0.2, 0.25) is 0 Å². The molecule has 0 spiro atoms. The molecule has 7 heteroatoms. The Morgan fingerprint density at radius 1 is 1.13 bits per heavy atom. The van der Waals surface area contributed by atoms with Crippen LogP contribution in [0.5, 0.6) is 0 Å². The number of carbonyl (C=O) groups excluding carboxylic acids is 1. The van der Waals surface area contributed by atoms with Crippen LogP contribution in [0.25, 0.3) is 11.2 Å². The lowest BCUT2D eigenvalue weighted by atomic mass is 9.91. The van der Waals surface area contributed by atoms with Gasteiger partial charge in [-0.15, -0.1) is 0 Å². The zero-order chi connectivity index (χ0) is 21.8. The van der Waals surface area contributed by atoms with E-state index in [-0.39, 0.29) is 18.0 Å². The van der Waals surface area contributed by atoms with Crippen molar-refractivity contribution in [2.75, 3.05) is 10.6 Å². The van der Waals surface area contributed by atoms with Gasteiger partial charge in [-0.3, -0.25) is 4.79 Å². The van der Waals surface area contributed by atoms with Crippen LogP contribution in [-0.2, 0) is 11.3 Å². The first-order chi connectivity index (χ1) is 15.0. The highest BCUT2D eigenvalue weighted by Gasteiger charge is 2.22. The highest BCUT2D eigenvalue weighted by atomic mass is 16.1. The van der Waals surface area contributed by atoms with Crippen molar-refractivity contribution in [2.45, 2.75) is 71.1 Å². The fourth-order valence-corrected chi connectivity index (χ4v) is 4.27. The molecule has 31 heavy (non-hydrogen) atoms. The number of anilines is 2. The van der Waals surface area contributed by atoms with E-state index >= 15 is 0 Å². The second kappa shape index (κ2) is 9.37. The van der Waals surface area contributed by atoms with Crippen LogP contribution in [0.4, 0.5) is 11.5 Å². The van der Waals surface area contributed by atoms with Crippen LogP contribution in [0, 0.1) is 0 Å². The van der Waals surface area contributed by atoms with Crippen LogP contribution in [0.1, 0.15) is 58.1 Å². The van der Waals surface area contributed by atoms with Crippen LogP contribution in [0.15, 0.2) is 42.7 Å². The first-order valence-corrected chi connectivity index (χ1v) is 11.2. The molecule has 0 atom stereocenters. The highest BCUT2D eigenvalue weighted by molar-refractivity contribution is 5.88. The van der Waals surface area contributed by atoms with Crippen molar-refractivity contribution in [3.63, 3.8) is 0 Å². The number of aromatic nitrogens is 3. The molecule has 3 N–H and O–H groups in total. The van der Waals surface area contributed by atoms with Gasteiger partial charge in [0, 0.05) is 37.7 Å². The predicted octanol–water partition coefficient (Wildman–Crippen LogP) is 4.48. The number of pyridine rings is 1. The minimum Gasteiger partial charge on any atom is -0.379 e. The van der Waals surface area contributed by atoms with E-state index in [9.17, 15) is 4.79 Å². The fraction of sp³-hybridized carbons (Fsp3) is 0.458. The summed E-state index contributed by atoms with van der Waals surface area (Å²) in [6.45, 7) is 6.60. The molecular weight excluding hydrogens is 388 g/mol. The molecule has 1 fully saturated rings. The third-order valence-electron chi connectivity index (χ3n) is 5.90. The van der Waals surface area contributed by atoms with Crippen molar-refractivity contribution in [3.8, 4) is 0 Å². The second-order valence-electron chi connectivity index (χ2n) is 8.71. The van der Waals surface area contributed by atoms with Crippen LogP contribution >= 0.6 is 0 Å². The Kier molecular flexibility index (Phi) is 6.39. The van der Waals surface area contributed by atoms with E-state index in [1.165, 1.54) is 5.56 Å². The Hall–Kier alpha value is -3.09. The lowest BCUT2D eigenvalue weighted by molar-refractivity contribution is -0.119. The number of nitrogens with one attached hydrogen (secondary N) is 3. The topological polar surface area (TPSA) is 83.9 Å². The van der Waals surface area contributed by atoms with Crippen molar-refractivity contribution in [2.24, 2.45) is 0 Å². The molecule has 0 bridgehead atoms. The quantitative estimate of drug-likeness (QED) is 0.525. The molecule has 1 amide bonds. The zero-order valence-electron chi connectivity index (χ0n) is 18.6. The average molecular weight is 421 g/mol. The van der Waals surface area contributed by atoms with Crippen molar-refractivity contribution in [3.05, 3.63) is 48.3 Å². The first-order valence-electron chi connectivity index (χ1n) is 11.2. The zero-order valence-corrected chi connectivity index (χ0v) is 18.6. The molecule has 3 aromatic rings. The number of rotatable bonds is 7. The van der Waals surface area contributed by atoms with E-state index in [2.05, 4.69) is 69.7 Å². The number of amides is 1. The largest absolute Gasteiger partial charge is 0.379 e. The van der Waals surface area contributed by atoms with Gasteiger partial charge in [0.25, 0.3) is 0 Å². The van der Waals surface area contributed by atoms with E-state index in [4.69, 9.17) is 4.98 Å². The lowest BCUT2D eigenvalue weighted by Gasteiger charge is -2.29. The molecule has 0 saturated heterocycles. The molecule has 4 rings (SSSR count). The molecule has 1 aliphatic carbocycles. The molecule has 1 aliphatic rings. The Morgan fingerprint density at radius 2 is 1.84 bits per heavy atom. The minimum absolute atomic E-state index is 0.0552. The number of fused-ring (bicyclic) bond motifs is 1. The summed E-state index contributed by atoms with van der Waals surface area (Å²) in [5, 5.41) is 10.2. The number of carbonyl (C=O) groups is 1. The molecule has 164 valence electrons. The van der Waals surface area contributed by atoms with Gasteiger partial charge < -0.3 is 20.5 Å². The van der Waals surface area contributed by atoms with Gasteiger partial charge in [-0.1, -0.05) is 30.3 Å². The summed E-state index contributed by atoms with van der Waals surface area (Å²) in [4.78, 5) is 20.9. The van der Waals surface area contributed by atoms with Gasteiger partial charge in [0.05, 0.1) is 12.0 Å². The van der Waals surface area contributed by atoms with E-state index in [1.807, 2.05) is 12.4 Å². The number of benzene rings is 1. The fourth-order valence-electron chi connectivity index (χ4n) is 4.27. The van der Waals surface area contributed by atoms with Crippen LogP contribution in [-0.4, -0.2) is 32.5 Å². The summed E-state index contributed by atoms with van der Waals surface area (Å²) >= 11 is 0. The van der Waals surface area contributed by atoms with Crippen molar-refractivity contribution >= 4 is 28.6 Å². The Balaban J connectivity index is 1.54. The Morgan fingerprint density at radius 3 is 2.52 bits per heavy atom. The number of hydrogen-bond acceptors (Lipinski definition) is 5. The van der Waals surface area contributed by atoms with Crippen molar-refractivity contribution in [1.82, 2.24) is 19.9 Å². The Bertz CT molecular complexity index is 1020. The van der Waals surface area contributed by atoms with Gasteiger partial charge in [0.15, 0.2) is 5.65 Å². The van der Waals surface area contributed by atoms with Gasteiger partial charge in [-0.05, 0) is 45.1 Å². The van der Waals surface area contributed by atoms with Crippen molar-refractivity contribution in [1.29, 1.82) is 0 Å². The standard InChI is InChI=1S/C24H32N6O/c1-16(2)30-15-26-23-21(25-14-18-7-5-4-6-8-18)13-22(29-24(23)30)28-20-11-9-19(10-12-20)27-17(3)31/h4-8,13,15-16,19-20H,9-12,14H2,1-3H3,(H,27,31)(H2,25,28,29). The maximum absolute atomic E-state index is 11.3. The number of imidazole rings is 1. The second-order valence-corrected chi connectivity index (χ2v) is 8.71. The SMILES string of the molecule is CC(=O)NC1CCC(Nc2cc(NCc3ccccc3)c3ncn(C(C)C)c3n2)CC1. The third kappa shape index (κ3) is 5.16.